The van der Waals surface area contributed by atoms with Gasteiger partial charge in [0, 0.05) is 17.1 Å². The van der Waals surface area contributed by atoms with Gasteiger partial charge >= 0.3 is 0 Å². The maximum absolute atomic E-state index is 12.9. The third-order valence-corrected chi connectivity index (χ3v) is 6.05. The number of amides is 1. The van der Waals surface area contributed by atoms with Gasteiger partial charge in [0.2, 0.25) is 0 Å². The molecule has 6 heteroatoms. The Bertz CT molecular complexity index is 1310. The molecule has 0 aliphatic carbocycles. The van der Waals surface area contributed by atoms with E-state index in [9.17, 15) is 4.79 Å². The van der Waals surface area contributed by atoms with Crippen LogP contribution in [-0.2, 0) is 6.54 Å². The van der Waals surface area contributed by atoms with E-state index < -0.39 is 0 Å². The lowest BCUT2D eigenvalue weighted by Gasteiger charge is -2.06. The summed E-state index contributed by atoms with van der Waals surface area (Å²) in [6, 6.07) is 20.3. The van der Waals surface area contributed by atoms with Gasteiger partial charge in [-0.3, -0.25) is 4.79 Å². The Balaban J connectivity index is 1.73. The zero-order valence-electron chi connectivity index (χ0n) is 16.3. The Labute approximate surface area is 183 Å². The number of ether oxygens (including phenoxy) is 1. The van der Waals surface area contributed by atoms with Crippen molar-refractivity contribution in [2.45, 2.75) is 13.5 Å². The molecular weight excluding hydrogens is 416 g/mol. The topological polar surface area (TPSA) is 43.6 Å². The Morgan fingerprint density at radius 1 is 1.13 bits per heavy atom. The molecule has 0 bridgehead atoms. The average molecular weight is 435 g/mol. The third kappa shape index (κ3) is 4.08. The molecule has 0 fully saturated rings. The molecular formula is C24H19ClN2O2S. The molecule has 0 aliphatic heterocycles. The summed E-state index contributed by atoms with van der Waals surface area (Å²) in [7, 11) is 0. The van der Waals surface area contributed by atoms with E-state index in [2.05, 4.69) is 11.6 Å². The summed E-state index contributed by atoms with van der Waals surface area (Å²) < 4.78 is 8.82. The average Bonchev–Trinajstić information content (AvgIpc) is 3.10. The summed E-state index contributed by atoms with van der Waals surface area (Å²) in [5.74, 6) is 0.960. The summed E-state index contributed by atoms with van der Waals surface area (Å²) in [6.07, 6.45) is 1.78. The number of hydrogen-bond acceptors (Lipinski definition) is 3. The van der Waals surface area contributed by atoms with Crippen molar-refractivity contribution in [3.05, 3.63) is 100 Å². The van der Waals surface area contributed by atoms with Crippen LogP contribution in [0.4, 0.5) is 0 Å². The van der Waals surface area contributed by atoms with Crippen molar-refractivity contribution in [2.75, 3.05) is 0 Å². The number of aromatic nitrogens is 1. The van der Waals surface area contributed by atoms with Crippen LogP contribution in [0.15, 0.2) is 84.4 Å². The lowest BCUT2D eigenvalue weighted by molar-refractivity contribution is 0.0997. The fraction of sp³-hybridized carbons (Fsp3) is 0.0833. The van der Waals surface area contributed by atoms with Crippen LogP contribution in [0.1, 0.15) is 15.9 Å². The molecule has 1 aromatic heterocycles. The van der Waals surface area contributed by atoms with Crippen molar-refractivity contribution in [3.8, 4) is 11.5 Å². The number of fused-ring (bicyclic) bond motifs is 1. The number of carbonyl (C=O) groups is 1. The van der Waals surface area contributed by atoms with E-state index in [-0.39, 0.29) is 5.91 Å². The van der Waals surface area contributed by atoms with Gasteiger partial charge in [-0.25, -0.2) is 0 Å². The van der Waals surface area contributed by atoms with Gasteiger partial charge in [-0.1, -0.05) is 53.3 Å². The number of rotatable bonds is 5. The van der Waals surface area contributed by atoms with Crippen molar-refractivity contribution in [3.63, 3.8) is 0 Å². The maximum Gasteiger partial charge on any atom is 0.279 e. The molecule has 4 nitrogen and oxygen atoms in total. The minimum Gasteiger partial charge on any atom is -0.457 e. The van der Waals surface area contributed by atoms with E-state index in [1.165, 1.54) is 11.3 Å². The Kier molecular flexibility index (Phi) is 5.84. The minimum absolute atomic E-state index is 0.332. The smallest absolute Gasteiger partial charge is 0.279 e. The molecule has 0 aliphatic rings. The van der Waals surface area contributed by atoms with Gasteiger partial charge in [0.15, 0.2) is 4.80 Å². The first kappa shape index (κ1) is 20.1. The van der Waals surface area contributed by atoms with E-state index in [1.807, 2.05) is 60.0 Å². The second-order valence-corrected chi connectivity index (χ2v) is 8.08. The van der Waals surface area contributed by atoms with E-state index in [0.29, 0.717) is 33.4 Å². The Morgan fingerprint density at radius 3 is 2.67 bits per heavy atom. The van der Waals surface area contributed by atoms with E-state index in [4.69, 9.17) is 16.3 Å². The van der Waals surface area contributed by atoms with Crippen LogP contribution in [0.25, 0.3) is 10.2 Å². The van der Waals surface area contributed by atoms with Crippen molar-refractivity contribution >= 4 is 39.1 Å². The fourth-order valence-corrected chi connectivity index (χ4v) is 4.42. The van der Waals surface area contributed by atoms with Crippen LogP contribution >= 0.6 is 22.9 Å². The first-order chi connectivity index (χ1) is 14.6. The van der Waals surface area contributed by atoms with Gasteiger partial charge in [-0.2, -0.15) is 4.99 Å². The first-order valence-electron chi connectivity index (χ1n) is 9.38. The highest BCUT2D eigenvalue weighted by molar-refractivity contribution is 7.16. The Hall–Kier alpha value is -3.15. The minimum atomic E-state index is -0.332. The monoisotopic (exact) mass is 434 g/mol. The number of hydrogen-bond donors (Lipinski definition) is 0. The molecule has 0 saturated heterocycles. The van der Waals surface area contributed by atoms with Crippen LogP contribution in [0.5, 0.6) is 11.5 Å². The van der Waals surface area contributed by atoms with Gasteiger partial charge in [-0.15, -0.1) is 6.58 Å². The predicted octanol–water partition coefficient (Wildman–Crippen LogP) is 6.38. The standard InChI is InChI=1S/C24H19ClN2O2S/c1-3-14-27-22-16(2)20(25)12-13-21(22)30-24(27)26-23(28)17-8-7-11-19(15-17)29-18-9-5-4-6-10-18/h3-13,15H,1,14H2,2H3. The van der Waals surface area contributed by atoms with Crippen LogP contribution in [-0.4, -0.2) is 10.5 Å². The highest BCUT2D eigenvalue weighted by Crippen LogP contribution is 2.27. The number of halogens is 1. The van der Waals surface area contributed by atoms with Crippen molar-refractivity contribution < 1.29 is 9.53 Å². The first-order valence-corrected chi connectivity index (χ1v) is 10.6. The zero-order chi connectivity index (χ0) is 21.1. The second-order valence-electron chi connectivity index (χ2n) is 6.66. The molecule has 1 heterocycles. The summed E-state index contributed by atoms with van der Waals surface area (Å²) in [4.78, 5) is 17.9. The summed E-state index contributed by atoms with van der Waals surface area (Å²) in [5.41, 5.74) is 2.39. The molecule has 0 N–H and O–H groups in total. The molecule has 150 valence electrons. The number of benzene rings is 3. The Morgan fingerprint density at radius 2 is 1.90 bits per heavy atom. The van der Waals surface area contributed by atoms with Crippen molar-refractivity contribution in [1.29, 1.82) is 0 Å². The maximum atomic E-state index is 12.9. The molecule has 3 aromatic carbocycles. The number of allylic oxidation sites excluding steroid dienone is 1. The van der Waals surface area contributed by atoms with Gasteiger partial charge < -0.3 is 9.30 Å². The molecule has 30 heavy (non-hydrogen) atoms. The lowest BCUT2D eigenvalue weighted by Crippen LogP contribution is -2.16. The molecule has 4 aromatic rings. The second kappa shape index (κ2) is 8.69. The van der Waals surface area contributed by atoms with E-state index >= 15 is 0 Å². The quantitative estimate of drug-likeness (QED) is 0.342. The molecule has 1 amide bonds. The van der Waals surface area contributed by atoms with Crippen LogP contribution in [0.2, 0.25) is 5.02 Å². The third-order valence-electron chi connectivity index (χ3n) is 4.60. The van der Waals surface area contributed by atoms with Crippen LogP contribution in [0, 0.1) is 6.92 Å². The molecule has 0 atom stereocenters. The van der Waals surface area contributed by atoms with E-state index in [1.54, 1.807) is 24.3 Å². The number of nitrogens with zero attached hydrogens (tertiary/aromatic N) is 2. The fourth-order valence-electron chi connectivity index (χ4n) is 3.17. The summed E-state index contributed by atoms with van der Waals surface area (Å²) in [6.45, 7) is 6.33. The van der Waals surface area contributed by atoms with Gasteiger partial charge in [0.25, 0.3) is 5.91 Å². The van der Waals surface area contributed by atoms with Crippen molar-refractivity contribution in [1.82, 2.24) is 4.57 Å². The van der Waals surface area contributed by atoms with Gasteiger partial charge in [-0.05, 0) is 55.0 Å². The van der Waals surface area contributed by atoms with Gasteiger partial charge in [0.05, 0.1) is 10.2 Å². The SMILES string of the molecule is C=CCn1c(=NC(=O)c2cccc(Oc3ccccc3)c2)sc2ccc(Cl)c(C)c21. The molecule has 4 rings (SSSR count). The predicted molar refractivity (Wildman–Crippen MR) is 123 cm³/mol. The van der Waals surface area contributed by atoms with E-state index in [0.717, 1.165) is 15.8 Å². The van der Waals surface area contributed by atoms with Gasteiger partial charge in [0.1, 0.15) is 11.5 Å². The molecule has 0 saturated carbocycles. The highest BCUT2D eigenvalue weighted by atomic mass is 35.5. The van der Waals surface area contributed by atoms with Crippen LogP contribution in [0.3, 0.4) is 0 Å². The molecule has 0 radical (unpaired) electrons. The lowest BCUT2D eigenvalue weighted by atomic mass is 10.2. The summed E-state index contributed by atoms with van der Waals surface area (Å²) >= 11 is 7.76. The largest absolute Gasteiger partial charge is 0.457 e. The number of carbonyl (C=O) groups excluding carboxylic acids is 1. The van der Waals surface area contributed by atoms with Crippen molar-refractivity contribution in [2.24, 2.45) is 4.99 Å². The number of aryl methyl sites for hydroxylation is 1. The number of thiazole rings is 1. The number of para-hydroxylation sites is 1. The summed E-state index contributed by atoms with van der Waals surface area (Å²) in [5, 5.41) is 0.682. The highest BCUT2D eigenvalue weighted by Gasteiger charge is 2.13. The molecule has 0 unspecified atom stereocenters. The zero-order valence-corrected chi connectivity index (χ0v) is 17.9. The van der Waals surface area contributed by atoms with Crippen LogP contribution < -0.4 is 9.54 Å². The molecule has 0 spiro atoms. The normalized spacial score (nSPS) is 11.6.